The van der Waals surface area contributed by atoms with Gasteiger partial charge in [-0.15, -0.1) is 0 Å². The maximum Gasteiger partial charge on any atom is 0.235 e. The first-order chi connectivity index (χ1) is 7.58. The van der Waals surface area contributed by atoms with Crippen molar-refractivity contribution in [1.82, 2.24) is 4.90 Å². The lowest BCUT2D eigenvalue weighted by atomic mass is 9.67. The Morgan fingerprint density at radius 3 is 2.62 bits per heavy atom. The van der Waals surface area contributed by atoms with Gasteiger partial charge in [-0.25, -0.2) is 0 Å². The fourth-order valence-electron chi connectivity index (χ4n) is 2.43. The molecule has 16 heavy (non-hydrogen) atoms. The molecule has 1 amide bonds. The van der Waals surface area contributed by atoms with Gasteiger partial charge in [0.2, 0.25) is 5.91 Å². The Balaban J connectivity index is 2.08. The molecule has 4 nitrogen and oxygen atoms in total. The Morgan fingerprint density at radius 1 is 1.56 bits per heavy atom. The molecule has 2 aliphatic rings. The van der Waals surface area contributed by atoms with Gasteiger partial charge in [-0.3, -0.25) is 4.79 Å². The van der Waals surface area contributed by atoms with E-state index in [-0.39, 0.29) is 11.9 Å². The SMILES string of the molecule is CN(C(=O)C1(C(N)=S)CCC1)C1CCOC1. The largest absolute Gasteiger partial charge is 0.392 e. The number of thiocarbonyl (C=S) groups is 1. The van der Waals surface area contributed by atoms with Crippen molar-refractivity contribution in [2.75, 3.05) is 20.3 Å². The molecule has 0 radical (unpaired) electrons. The van der Waals surface area contributed by atoms with Gasteiger partial charge in [-0.2, -0.15) is 0 Å². The number of hydrogen-bond donors (Lipinski definition) is 1. The number of amides is 1. The minimum Gasteiger partial charge on any atom is -0.392 e. The van der Waals surface area contributed by atoms with E-state index in [1.807, 2.05) is 7.05 Å². The molecule has 2 N–H and O–H groups in total. The molecule has 1 saturated heterocycles. The maximum absolute atomic E-state index is 12.4. The number of carbonyl (C=O) groups excluding carboxylic acids is 1. The Labute approximate surface area is 101 Å². The van der Waals surface area contributed by atoms with E-state index in [1.54, 1.807) is 4.90 Å². The van der Waals surface area contributed by atoms with E-state index < -0.39 is 5.41 Å². The first-order valence-corrected chi connectivity index (χ1v) is 6.14. The quantitative estimate of drug-likeness (QED) is 0.740. The van der Waals surface area contributed by atoms with Crippen LogP contribution in [0.2, 0.25) is 0 Å². The highest BCUT2D eigenvalue weighted by Gasteiger charge is 2.49. The van der Waals surface area contributed by atoms with E-state index >= 15 is 0 Å². The highest BCUT2D eigenvalue weighted by molar-refractivity contribution is 7.80. The fraction of sp³-hybridized carbons (Fsp3) is 0.818. The lowest BCUT2D eigenvalue weighted by Crippen LogP contribution is -2.55. The van der Waals surface area contributed by atoms with Crippen LogP contribution in [0.3, 0.4) is 0 Å². The summed E-state index contributed by atoms with van der Waals surface area (Å²) < 4.78 is 5.30. The number of rotatable bonds is 3. The van der Waals surface area contributed by atoms with Crippen molar-refractivity contribution in [3.8, 4) is 0 Å². The average molecular weight is 242 g/mol. The summed E-state index contributed by atoms with van der Waals surface area (Å²) in [6, 6.07) is 0.194. The Hall–Kier alpha value is -0.680. The Kier molecular flexibility index (Phi) is 3.17. The Morgan fingerprint density at radius 2 is 2.25 bits per heavy atom. The molecule has 1 heterocycles. The van der Waals surface area contributed by atoms with Crippen LogP contribution in [0.5, 0.6) is 0 Å². The topological polar surface area (TPSA) is 55.6 Å². The summed E-state index contributed by atoms with van der Waals surface area (Å²) in [5.41, 5.74) is 5.17. The first-order valence-electron chi connectivity index (χ1n) is 5.73. The predicted octanol–water partition coefficient (Wildman–Crippen LogP) is 0.690. The molecule has 1 saturated carbocycles. The third-order valence-electron chi connectivity index (χ3n) is 3.86. The lowest BCUT2D eigenvalue weighted by molar-refractivity contribution is -0.142. The molecule has 2 fully saturated rings. The molecule has 2 rings (SSSR count). The zero-order chi connectivity index (χ0) is 11.8. The van der Waals surface area contributed by atoms with E-state index in [9.17, 15) is 4.79 Å². The minimum atomic E-state index is -0.549. The summed E-state index contributed by atoms with van der Waals surface area (Å²) in [6.45, 7) is 1.37. The van der Waals surface area contributed by atoms with Crippen molar-refractivity contribution in [1.29, 1.82) is 0 Å². The van der Waals surface area contributed by atoms with E-state index in [4.69, 9.17) is 22.7 Å². The van der Waals surface area contributed by atoms with Gasteiger partial charge in [0.05, 0.1) is 23.1 Å². The van der Waals surface area contributed by atoms with Crippen LogP contribution in [0.4, 0.5) is 0 Å². The fourth-order valence-corrected chi connectivity index (χ4v) is 2.72. The van der Waals surface area contributed by atoms with Gasteiger partial charge in [-0.1, -0.05) is 18.6 Å². The number of carbonyl (C=O) groups is 1. The normalized spacial score (nSPS) is 27.2. The third-order valence-corrected chi connectivity index (χ3v) is 4.25. The van der Waals surface area contributed by atoms with E-state index in [1.165, 1.54) is 0 Å². The van der Waals surface area contributed by atoms with Crippen molar-refractivity contribution in [3.05, 3.63) is 0 Å². The van der Waals surface area contributed by atoms with Crippen LogP contribution in [0, 0.1) is 5.41 Å². The second-order valence-corrected chi connectivity index (χ2v) is 5.17. The smallest absolute Gasteiger partial charge is 0.235 e. The predicted molar refractivity (Wildman–Crippen MR) is 65.1 cm³/mol. The summed E-state index contributed by atoms with van der Waals surface area (Å²) >= 11 is 5.05. The highest BCUT2D eigenvalue weighted by atomic mass is 32.1. The van der Waals surface area contributed by atoms with Crippen LogP contribution in [-0.2, 0) is 9.53 Å². The van der Waals surface area contributed by atoms with Gasteiger partial charge in [0.1, 0.15) is 0 Å². The van der Waals surface area contributed by atoms with Crippen molar-refractivity contribution in [2.45, 2.75) is 31.7 Å². The summed E-state index contributed by atoms with van der Waals surface area (Å²) in [6.07, 6.45) is 3.56. The molecule has 0 aromatic rings. The lowest BCUT2D eigenvalue weighted by Gasteiger charge is -2.42. The van der Waals surface area contributed by atoms with Crippen molar-refractivity contribution in [3.63, 3.8) is 0 Å². The third kappa shape index (κ3) is 1.72. The van der Waals surface area contributed by atoms with E-state index in [2.05, 4.69) is 0 Å². The monoisotopic (exact) mass is 242 g/mol. The second-order valence-electron chi connectivity index (χ2n) is 4.73. The highest BCUT2D eigenvalue weighted by Crippen LogP contribution is 2.43. The van der Waals surface area contributed by atoms with Crippen LogP contribution >= 0.6 is 12.2 Å². The van der Waals surface area contributed by atoms with E-state index in [0.29, 0.717) is 11.6 Å². The molecule has 5 heteroatoms. The van der Waals surface area contributed by atoms with Crippen LogP contribution in [0.25, 0.3) is 0 Å². The van der Waals surface area contributed by atoms with Crippen LogP contribution in [-0.4, -0.2) is 42.1 Å². The maximum atomic E-state index is 12.4. The number of hydrogen-bond acceptors (Lipinski definition) is 3. The second kappa shape index (κ2) is 4.30. The molecule has 90 valence electrons. The Bertz CT molecular complexity index is 309. The number of nitrogens with zero attached hydrogens (tertiary/aromatic N) is 1. The van der Waals surface area contributed by atoms with Crippen molar-refractivity contribution >= 4 is 23.1 Å². The zero-order valence-electron chi connectivity index (χ0n) is 9.57. The zero-order valence-corrected chi connectivity index (χ0v) is 10.4. The van der Waals surface area contributed by atoms with Crippen molar-refractivity contribution < 1.29 is 9.53 Å². The molecular weight excluding hydrogens is 224 g/mol. The summed E-state index contributed by atoms with van der Waals surface area (Å²) in [5, 5.41) is 0. The van der Waals surface area contributed by atoms with Crippen molar-refractivity contribution in [2.24, 2.45) is 11.1 Å². The summed E-state index contributed by atoms with van der Waals surface area (Å²) in [4.78, 5) is 14.5. The van der Waals surface area contributed by atoms with Gasteiger partial charge in [-0.05, 0) is 19.3 Å². The number of nitrogens with two attached hydrogens (primary N) is 1. The van der Waals surface area contributed by atoms with Gasteiger partial charge in [0.25, 0.3) is 0 Å². The van der Waals surface area contributed by atoms with Gasteiger partial charge in [0, 0.05) is 13.7 Å². The van der Waals surface area contributed by atoms with Gasteiger partial charge in [0.15, 0.2) is 0 Å². The standard InChI is InChI=1S/C11H18N2O2S/c1-13(8-3-6-15-7-8)10(14)11(9(12)16)4-2-5-11/h8H,2-7H2,1H3,(H2,12,16). The number of likely N-dealkylation sites (N-methyl/N-ethyl adjacent to an activating group) is 1. The molecule has 0 aromatic heterocycles. The van der Waals surface area contributed by atoms with Gasteiger partial charge >= 0.3 is 0 Å². The molecule has 1 atom stereocenters. The van der Waals surface area contributed by atoms with Crippen LogP contribution in [0.1, 0.15) is 25.7 Å². The van der Waals surface area contributed by atoms with Gasteiger partial charge < -0.3 is 15.4 Å². The molecule has 1 unspecified atom stereocenters. The number of ether oxygens (including phenoxy) is 1. The molecule has 0 bridgehead atoms. The molecule has 0 spiro atoms. The van der Waals surface area contributed by atoms with Crippen LogP contribution < -0.4 is 5.73 Å². The average Bonchev–Trinajstić information content (AvgIpc) is 2.66. The van der Waals surface area contributed by atoms with E-state index in [0.717, 1.165) is 32.3 Å². The van der Waals surface area contributed by atoms with Crippen LogP contribution in [0.15, 0.2) is 0 Å². The first kappa shape index (κ1) is 11.8. The summed E-state index contributed by atoms with van der Waals surface area (Å²) in [7, 11) is 1.83. The minimum absolute atomic E-state index is 0.0850. The molecule has 0 aromatic carbocycles. The molecular formula is C11H18N2O2S. The molecule has 1 aliphatic heterocycles. The molecule has 1 aliphatic carbocycles. The summed E-state index contributed by atoms with van der Waals surface area (Å²) in [5.74, 6) is 0.0850.